The molecule has 0 saturated heterocycles. The molecule has 1 aliphatic carbocycles. The summed E-state index contributed by atoms with van der Waals surface area (Å²) in [5.41, 5.74) is 16.0. The van der Waals surface area contributed by atoms with E-state index in [9.17, 15) is 19.3 Å². The third-order valence-corrected chi connectivity index (χ3v) is 4.49. The zero-order valence-corrected chi connectivity index (χ0v) is 16.7. The number of benzene rings is 2. The average Bonchev–Trinajstić information content (AvgIpc) is 3.10. The fraction of sp³-hybridized carbons (Fsp3) is 0.211. The van der Waals surface area contributed by atoms with Crippen molar-refractivity contribution in [1.82, 2.24) is 5.32 Å². The van der Waals surface area contributed by atoms with Crippen LogP contribution < -0.4 is 5.32 Å². The Labute approximate surface area is 180 Å². The number of Topliss-reactive ketones (excluding diaryl/α,β-unsaturated/α-hetero) is 2. The molecular weight excluding hydrogens is 420 g/mol. The second-order valence-corrected chi connectivity index (χ2v) is 6.25. The molecule has 1 amide bonds. The minimum Gasteiger partial charge on any atom is -0.355 e. The lowest BCUT2D eigenvalue weighted by atomic mass is 9.90. The highest BCUT2D eigenvalue weighted by atomic mass is 16.7. The van der Waals surface area contributed by atoms with Gasteiger partial charge in [-0.25, -0.2) is 0 Å². The van der Waals surface area contributed by atoms with Crippen LogP contribution in [0, 0.1) is 4.91 Å². The van der Waals surface area contributed by atoms with E-state index in [4.69, 9.17) is 11.1 Å². The molecule has 3 rings (SSSR count). The smallest absolute Gasteiger partial charge is 0.280 e. The maximum Gasteiger partial charge on any atom is 0.280 e. The highest BCUT2D eigenvalue weighted by molar-refractivity contribution is 6.16. The molecule has 0 aliphatic heterocycles. The SMILES string of the molecule is CNC(=O)c1ccc(N=[N+]=[N-])cc1.[N-]=[N+]=Nc1ccc(C2(ON=O)C(=O)CCC2=O)cc1. The molecule has 32 heavy (non-hydrogen) atoms. The van der Waals surface area contributed by atoms with Crippen molar-refractivity contribution in [2.24, 2.45) is 15.6 Å². The number of nitrogens with one attached hydrogen (secondary N) is 1. The van der Waals surface area contributed by atoms with E-state index in [2.05, 4.69) is 35.5 Å². The normalized spacial score (nSPS) is 13.5. The van der Waals surface area contributed by atoms with Gasteiger partial charge in [0.2, 0.25) is 0 Å². The van der Waals surface area contributed by atoms with Crippen molar-refractivity contribution in [1.29, 1.82) is 0 Å². The summed E-state index contributed by atoms with van der Waals surface area (Å²) in [5.74, 6) is -1.17. The molecule has 2 aromatic carbocycles. The van der Waals surface area contributed by atoms with Crippen LogP contribution in [-0.4, -0.2) is 24.5 Å². The molecule has 0 unspecified atom stereocenters. The van der Waals surface area contributed by atoms with Gasteiger partial charge in [-0.3, -0.25) is 14.4 Å². The molecular formula is C19H16N8O5. The van der Waals surface area contributed by atoms with Gasteiger partial charge >= 0.3 is 0 Å². The maximum absolute atomic E-state index is 11.9. The molecule has 0 bridgehead atoms. The van der Waals surface area contributed by atoms with Crippen LogP contribution in [0.1, 0.15) is 28.8 Å². The van der Waals surface area contributed by atoms with E-state index in [1.165, 1.54) is 24.3 Å². The van der Waals surface area contributed by atoms with E-state index in [0.29, 0.717) is 16.9 Å². The largest absolute Gasteiger partial charge is 0.355 e. The Morgan fingerprint density at radius 2 is 1.41 bits per heavy atom. The van der Waals surface area contributed by atoms with Crippen molar-refractivity contribution >= 4 is 28.8 Å². The summed E-state index contributed by atoms with van der Waals surface area (Å²) in [4.78, 5) is 55.0. The van der Waals surface area contributed by atoms with Crippen molar-refractivity contribution in [3.05, 3.63) is 85.5 Å². The van der Waals surface area contributed by atoms with Gasteiger partial charge in [-0.05, 0) is 23.2 Å². The second-order valence-electron chi connectivity index (χ2n) is 6.25. The number of azide groups is 2. The average molecular weight is 436 g/mol. The van der Waals surface area contributed by atoms with Gasteiger partial charge in [0.05, 0.1) is 0 Å². The third kappa shape index (κ3) is 5.05. The van der Waals surface area contributed by atoms with Gasteiger partial charge in [-0.2, -0.15) is 0 Å². The highest BCUT2D eigenvalue weighted by Gasteiger charge is 2.54. The Kier molecular flexibility index (Phi) is 8.00. The van der Waals surface area contributed by atoms with Crippen molar-refractivity contribution < 1.29 is 19.2 Å². The van der Waals surface area contributed by atoms with E-state index >= 15 is 0 Å². The number of carbonyl (C=O) groups excluding carboxylic acids is 3. The van der Waals surface area contributed by atoms with Gasteiger partial charge in [0.25, 0.3) is 11.5 Å². The molecule has 0 aromatic heterocycles. The van der Waals surface area contributed by atoms with E-state index in [1.54, 1.807) is 31.3 Å². The molecule has 162 valence electrons. The van der Waals surface area contributed by atoms with Gasteiger partial charge in [0.1, 0.15) is 0 Å². The number of amides is 1. The fourth-order valence-corrected chi connectivity index (χ4v) is 2.96. The predicted octanol–water partition coefficient (Wildman–Crippen LogP) is 4.44. The van der Waals surface area contributed by atoms with E-state index in [0.717, 1.165) is 0 Å². The first-order valence-electron chi connectivity index (χ1n) is 9.03. The van der Waals surface area contributed by atoms with Crippen LogP contribution in [0.2, 0.25) is 0 Å². The Hall–Kier alpha value is -4.73. The number of rotatable bonds is 6. The van der Waals surface area contributed by atoms with Crippen LogP contribution in [0.5, 0.6) is 0 Å². The van der Waals surface area contributed by atoms with Crippen LogP contribution in [-0.2, 0) is 20.0 Å². The van der Waals surface area contributed by atoms with Gasteiger partial charge in [0.15, 0.2) is 16.9 Å². The fourth-order valence-electron chi connectivity index (χ4n) is 2.96. The lowest BCUT2D eigenvalue weighted by Crippen LogP contribution is -2.39. The van der Waals surface area contributed by atoms with Crippen molar-refractivity contribution in [2.45, 2.75) is 18.4 Å². The van der Waals surface area contributed by atoms with E-state index in [-0.39, 0.29) is 24.3 Å². The number of carbonyl (C=O) groups is 3. The summed E-state index contributed by atoms with van der Waals surface area (Å²) in [6.07, 6.45) is 0.0128. The highest BCUT2D eigenvalue weighted by Crippen LogP contribution is 2.37. The zero-order chi connectivity index (χ0) is 23.6. The van der Waals surface area contributed by atoms with Crippen molar-refractivity contribution in [3.63, 3.8) is 0 Å². The Morgan fingerprint density at radius 3 is 1.81 bits per heavy atom. The van der Waals surface area contributed by atoms with Crippen LogP contribution in [0.4, 0.5) is 11.4 Å². The molecule has 0 heterocycles. The quantitative estimate of drug-likeness (QED) is 0.174. The number of hydrogen-bond donors (Lipinski definition) is 1. The Bertz CT molecular complexity index is 1100. The van der Waals surface area contributed by atoms with Crippen molar-refractivity contribution in [3.8, 4) is 0 Å². The molecule has 0 radical (unpaired) electrons. The molecule has 2 aromatic rings. The van der Waals surface area contributed by atoms with Gasteiger partial charge in [-0.15, -0.1) is 4.91 Å². The van der Waals surface area contributed by atoms with E-state index < -0.39 is 17.2 Å². The first-order valence-corrected chi connectivity index (χ1v) is 9.03. The summed E-state index contributed by atoms with van der Waals surface area (Å²) in [7, 11) is 1.56. The van der Waals surface area contributed by atoms with Crippen LogP contribution >= 0.6 is 0 Å². The first kappa shape index (κ1) is 23.5. The van der Waals surface area contributed by atoms with Crippen LogP contribution in [0.3, 0.4) is 0 Å². The second kappa shape index (κ2) is 10.9. The van der Waals surface area contributed by atoms with Crippen LogP contribution in [0.15, 0.2) is 64.1 Å². The number of nitrogens with zero attached hydrogens (tertiary/aromatic N) is 7. The van der Waals surface area contributed by atoms with Gasteiger partial charge < -0.3 is 10.2 Å². The minimum absolute atomic E-state index is 0.00640. The first-order chi connectivity index (χ1) is 15.4. The summed E-state index contributed by atoms with van der Waals surface area (Å²) < 4.78 is 0. The lowest BCUT2D eigenvalue weighted by Gasteiger charge is -2.21. The molecule has 1 fully saturated rings. The molecule has 13 nitrogen and oxygen atoms in total. The van der Waals surface area contributed by atoms with Gasteiger partial charge in [0, 0.05) is 52.2 Å². The molecule has 0 spiro atoms. The number of ketones is 2. The molecule has 1 N–H and O–H groups in total. The predicted molar refractivity (Wildman–Crippen MR) is 112 cm³/mol. The summed E-state index contributed by atoms with van der Waals surface area (Å²) in [5, 5.41) is 11.5. The molecule has 13 heteroatoms. The Balaban J connectivity index is 0.000000244. The zero-order valence-electron chi connectivity index (χ0n) is 16.7. The maximum atomic E-state index is 11.9. The molecule has 1 aliphatic rings. The summed E-state index contributed by atoms with van der Waals surface area (Å²) >= 11 is 0. The standard InChI is InChI=1S/C11H8N4O4.C8H8N4O/c12-14-13-8-3-1-7(2-4-8)11(19-15-18)9(16)5-6-10(11)17;1-10-8(13)6-2-4-7(5-3-6)11-12-9/h1-4H,5-6H2;2-5H,1H3,(H,10,13). The Morgan fingerprint density at radius 1 is 0.938 bits per heavy atom. The van der Waals surface area contributed by atoms with Crippen LogP contribution in [0.25, 0.3) is 20.9 Å². The monoisotopic (exact) mass is 436 g/mol. The minimum atomic E-state index is -1.95. The topological polar surface area (TPSA) is 199 Å². The summed E-state index contributed by atoms with van der Waals surface area (Å²) in [6.45, 7) is 0. The molecule has 1 saturated carbocycles. The lowest BCUT2D eigenvalue weighted by molar-refractivity contribution is -0.153. The number of hydrogen-bond acceptors (Lipinski definition) is 8. The molecule has 0 atom stereocenters. The third-order valence-electron chi connectivity index (χ3n) is 4.49. The van der Waals surface area contributed by atoms with Crippen molar-refractivity contribution in [2.75, 3.05) is 7.05 Å². The summed E-state index contributed by atoms with van der Waals surface area (Å²) in [6, 6.07) is 12.0. The van der Waals surface area contributed by atoms with Gasteiger partial charge in [-0.1, -0.05) is 46.6 Å². The van der Waals surface area contributed by atoms with E-state index in [1.807, 2.05) is 0 Å².